The molecule has 1 heterocycles. The number of benzene rings is 2. The first-order chi connectivity index (χ1) is 13.9. The molecule has 1 aliphatic heterocycles. The minimum atomic E-state index is -0.668. The highest BCUT2D eigenvalue weighted by Gasteiger charge is 2.32. The number of nitrogens with zero attached hydrogens (tertiary/aromatic N) is 1. The van der Waals surface area contributed by atoms with Gasteiger partial charge >= 0.3 is 0 Å². The molecule has 2 aromatic carbocycles. The Labute approximate surface area is 172 Å². The molecular formula is C24H29FN2O2. The molecule has 0 bridgehead atoms. The first-order valence-electron chi connectivity index (χ1n) is 10.3. The lowest BCUT2D eigenvalue weighted by atomic mass is 9.88. The normalized spacial score (nSPS) is 16.0. The van der Waals surface area contributed by atoms with Crippen molar-refractivity contribution in [3.8, 4) is 0 Å². The van der Waals surface area contributed by atoms with E-state index in [1.54, 1.807) is 6.07 Å². The third kappa shape index (κ3) is 5.03. The van der Waals surface area contributed by atoms with Crippen LogP contribution in [0.5, 0.6) is 0 Å². The smallest absolute Gasteiger partial charge is 0.254 e. The molecule has 3 rings (SSSR count). The summed E-state index contributed by atoms with van der Waals surface area (Å²) in [4.78, 5) is 27.4. The van der Waals surface area contributed by atoms with Crippen LogP contribution in [0.1, 0.15) is 54.1 Å². The van der Waals surface area contributed by atoms with E-state index in [0.29, 0.717) is 19.0 Å². The number of rotatable bonds is 5. The summed E-state index contributed by atoms with van der Waals surface area (Å²) in [5.74, 6) is -0.867. The summed E-state index contributed by atoms with van der Waals surface area (Å²) in [5.41, 5.74) is 2.52. The topological polar surface area (TPSA) is 49.4 Å². The Hall–Kier alpha value is -2.69. The van der Waals surface area contributed by atoms with Gasteiger partial charge in [-0.3, -0.25) is 9.59 Å². The van der Waals surface area contributed by atoms with Gasteiger partial charge in [-0.15, -0.1) is 0 Å². The third-order valence-corrected chi connectivity index (χ3v) is 5.69. The molecule has 29 heavy (non-hydrogen) atoms. The van der Waals surface area contributed by atoms with Gasteiger partial charge in [-0.1, -0.05) is 55.8 Å². The maximum Gasteiger partial charge on any atom is 0.254 e. The van der Waals surface area contributed by atoms with Gasteiger partial charge in [-0.25, -0.2) is 4.39 Å². The van der Waals surface area contributed by atoms with Crippen LogP contribution in [0, 0.1) is 18.7 Å². The molecule has 1 saturated heterocycles. The van der Waals surface area contributed by atoms with E-state index in [9.17, 15) is 14.0 Å². The zero-order chi connectivity index (χ0) is 21.0. The van der Waals surface area contributed by atoms with Crippen LogP contribution in [0.25, 0.3) is 0 Å². The van der Waals surface area contributed by atoms with Crippen LogP contribution < -0.4 is 5.32 Å². The van der Waals surface area contributed by atoms with Crippen molar-refractivity contribution in [2.75, 3.05) is 13.1 Å². The lowest BCUT2D eigenvalue weighted by Crippen LogP contribution is -2.53. The summed E-state index contributed by atoms with van der Waals surface area (Å²) >= 11 is 0. The van der Waals surface area contributed by atoms with Gasteiger partial charge < -0.3 is 10.2 Å². The Morgan fingerprint density at radius 2 is 1.66 bits per heavy atom. The van der Waals surface area contributed by atoms with E-state index in [0.717, 1.165) is 12.8 Å². The lowest BCUT2D eigenvalue weighted by molar-refractivity contribution is -0.135. The van der Waals surface area contributed by atoms with Crippen molar-refractivity contribution >= 4 is 11.8 Å². The van der Waals surface area contributed by atoms with Crippen LogP contribution in [0.2, 0.25) is 0 Å². The zero-order valence-electron chi connectivity index (χ0n) is 17.3. The van der Waals surface area contributed by atoms with Crippen LogP contribution >= 0.6 is 0 Å². The number of hydrogen-bond acceptors (Lipinski definition) is 2. The Balaban J connectivity index is 1.63. The largest absolute Gasteiger partial charge is 0.341 e. The summed E-state index contributed by atoms with van der Waals surface area (Å²) in [6, 6.07) is 13.7. The standard InChI is InChI=1S/C24H29FN2O2/c1-16(2)22(26-23(28)20-6-4-5-7-21(20)25)24(29)27-14-12-19(13-15-27)18-10-8-17(3)9-11-18/h4-11,16,19,22H,12-15H2,1-3H3,(H,26,28). The molecule has 4 nitrogen and oxygen atoms in total. The Kier molecular flexibility index (Phi) is 6.68. The molecule has 1 unspecified atom stereocenters. The van der Waals surface area contributed by atoms with Gasteiger partial charge in [0.15, 0.2) is 0 Å². The van der Waals surface area contributed by atoms with E-state index >= 15 is 0 Å². The molecule has 1 N–H and O–H groups in total. The van der Waals surface area contributed by atoms with Crippen molar-refractivity contribution in [2.45, 2.75) is 45.6 Å². The van der Waals surface area contributed by atoms with E-state index in [1.165, 1.54) is 29.3 Å². The number of aryl methyl sites for hydroxylation is 1. The second-order valence-corrected chi connectivity index (χ2v) is 8.19. The third-order valence-electron chi connectivity index (χ3n) is 5.69. The number of piperidine rings is 1. The van der Waals surface area contributed by atoms with Crippen molar-refractivity contribution in [2.24, 2.45) is 5.92 Å². The SMILES string of the molecule is Cc1ccc(C2CCN(C(=O)C(NC(=O)c3ccccc3F)C(C)C)CC2)cc1. The second kappa shape index (κ2) is 9.21. The number of hydrogen-bond donors (Lipinski definition) is 1. The summed E-state index contributed by atoms with van der Waals surface area (Å²) < 4.78 is 13.9. The van der Waals surface area contributed by atoms with Crippen molar-refractivity contribution in [1.29, 1.82) is 0 Å². The van der Waals surface area contributed by atoms with Crippen molar-refractivity contribution in [3.63, 3.8) is 0 Å². The maximum atomic E-state index is 13.9. The quantitative estimate of drug-likeness (QED) is 0.819. The fraction of sp³-hybridized carbons (Fsp3) is 0.417. The Morgan fingerprint density at radius 1 is 1.03 bits per heavy atom. The highest BCUT2D eigenvalue weighted by molar-refractivity contribution is 5.97. The minimum Gasteiger partial charge on any atom is -0.341 e. The molecule has 0 saturated carbocycles. The molecule has 1 atom stereocenters. The number of likely N-dealkylation sites (tertiary alicyclic amines) is 1. The average molecular weight is 397 g/mol. The summed E-state index contributed by atoms with van der Waals surface area (Å²) in [6.07, 6.45) is 1.81. The van der Waals surface area contributed by atoms with E-state index in [4.69, 9.17) is 0 Å². The average Bonchev–Trinajstić information content (AvgIpc) is 2.72. The van der Waals surface area contributed by atoms with Crippen molar-refractivity contribution < 1.29 is 14.0 Å². The van der Waals surface area contributed by atoms with Crippen molar-refractivity contribution in [3.05, 3.63) is 71.0 Å². The number of carbonyl (C=O) groups excluding carboxylic acids is 2. The number of halogens is 1. The first-order valence-corrected chi connectivity index (χ1v) is 10.3. The number of nitrogens with one attached hydrogen (secondary N) is 1. The molecule has 154 valence electrons. The molecule has 2 aromatic rings. The van der Waals surface area contributed by atoms with Gasteiger partial charge in [0.05, 0.1) is 5.56 Å². The fourth-order valence-electron chi connectivity index (χ4n) is 3.85. The lowest BCUT2D eigenvalue weighted by Gasteiger charge is -2.35. The highest BCUT2D eigenvalue weighted by atomic mass is 19.1. The molecule has 1 fully saturated rings. The molecule has 5 heteroatoms. The molecule has 0 radical (unpaired) electrons. The van der Waals surface area contributed by atoms with Gasteiger partial charge in [0.2, 0.25) is 5.91 Å². The molecular weight excluding hydrogens is 367 g/mol. The monoisotopic (exact) mass is 396 g/mol. The van der Waals surface area contributed by atoms with E-state index in [-0.39, 0.29) is 17.4 Å². The fourth-order valence-corrected chi connectivity index (χ4v) is 3.85. The van der Waals surface area contributed by atoms with Crippen molar-refractivity contribution in [1.82, 2.24) is 10.2 Å². The van der Waals surface area contributed by atoms with Gasteiger partial charge in [0.25, 0.3) is 5.91 Å². The second-order valence-electron chi connectivity index (χ2n) is 8.19. The molecule has 0 aliphatic carbocycles. The van der Waals surface area contributed by atoms with Gasteiger partial charge in [-0.05, 0) is 49.3 Å². The van der Waals surface area contributed by atoms with Crippen LogP contribution in [0.4, 0.5) is 4.39 Å². The summed E-state index contributed by atoms with van der Waals surface area (Å²) in [7, 11) is 0. The first kappa shape index (κ1) is 21.0. The van der Waals surface area contributed by atoms with E-state index in [1.807, 2.05) is 18.7 Å². The Bertz CT molecular complexity index is 855. The van der Waals surface area contributed by atoms with Crippen LogP contribution in [-0.4, -0.2) is 35.8 Å². The van der Waals surface area contributed by atoms with E-state index in [2.05, 4.69) is 36.5 Å². The van der Waals surface area contributed by atoms with Gasteiger partial charge in [0.1, 0.15) is 11.9 Å². The molecule has 0 aromatic heterocycles. The summed E-state index contributed by atoms with van der Waals surface area (Å²) in [6.45, 7) is 7.19. The van der Waals surface area contributed by atoms with Gasteiger partial charge in [-0.2, -0.15) is 0 Å². The van der Waals surface area contributed by atoms with Gasteiger partial charge in [0, 0.05) is 13.1 Å². The predicted molar refractivity (Wildman–Crippen MR) is 112 cm³/mol. The number of amides is 2. The number of carbonyl (C=O) groups is 2. The van der Waals surface area contributed by atoms with Crippen LogP contribution in [-0.2, 0) is 4.79 Å². The highest BCUT2D eigenvalue weighted by Crippen LogP contribution is 2.28. The molecule has 0 spiro atoms. The summed E-state index contributed by atoms with van der Waals surface area (Å²) in [5, 5.41) is 2.75. The predicted octanol–water partition coefficient (Wildman–Crippen LogP) is 4.29. The minimum absolute atomic E-state index is 0.0379. The molecule has 2 amide bonds. The Morgan fingerprint density at radius 3 is 2.24 bits per heavy atom. The zero-order valence-corrected chi connectivity index (χ0v) is 17.3. The van der Waals surface area contributed by atoms with Crippen LogP contribution in [0.15, 0.2) is 48.5 Å². The maximum absolute atomic E-state index is 13.9. The molecule has 1 aliphatic rings. The van der Waals surface area contributed by atoms with E-state index < -0.39 is 17.8 Å². The van der Waals surface area contributed by atoms with Crippen LogP contribution in [0.3, 0.4) is 0 Å².